The van der Waals surface area contributed by atoms with Crippen LogP contribution in [-0.2, 0) is 14.8 Å². The van der Waals surface area contributed by atoms with Crippen LogP contribution in [0.25, 0.3) is 0 Å². The first kappa shape index (κ1) is 16.9. The molecule has 0 spiro atoms. The molecule has 114 valence electrons. The SMILES string of the molecule is CCCNC1CCC(NS(=O)(=O)CCCOC)CC1. The highest BCUT2D eigenvalue weighted by atomic mass is 32.2. The largest absolute Gasteiger partial charge is 0.385 e. The van der Waals surface area contributed by atoms with Crippen molar-refractivity contribution in [2.24, 2.45) is 0 Å². The highest BCUT2D eigenvalue weighted by Gasteiger charge is 2.24. The van der Waals surface area contributed by atoms with Gasteiger partial charge in [-0.25, -0.2) is 13.1 Å². The van der Waals surface area contributed by atoms with Crippen molar-refractivity contribution in [2.75, 3.05) is 26.0 Å². The van der Waals surface area contributed by atoms with Gasteiger partial charge in [-0.3, -0.25) is 0 Å². The van der Waals surface area contributed by atoms with Crippen LogP contribution in [0.1, 0.15) is 45.4 Å². The Balaban J connectivity index is 2.24. The van der Waals surface area contributed by atoms with E-state index in [0.717, 1.165) is 38.6 Å². The second kappa shape index (κ2) is 8.89. The molecular weight excluding hydrogens is 264 g/mol. The van der Waals surface area contributed by atoms with E-state index in [1.54, 1.807) is 7.11 Å². The molecule has 1 aliphatic rings. The average Bonchev–Trinajstić information content (AvgIpc) is 2.38. The fraction of sp³-hybridized carbons (Fsp3) is 1.00. The lowest BCUT2D eigenvalue weighted by Crippen LogP contribution is -2.43. The van der Waals surface area contributed by atoms with Gasteiger partial charge in [0.25, 0.3) is 0 Å². The van der Waals surface area contributed by atoms with Crippen molar-refractivity contribution in [3.63, 3.8) is 0 Å². The first-order chi connectivity index (χ1) is 9.07. The summed E-state index contributed by atoms with van der Waals surface area (Å²) in [7, 11) is -1.55. The van der Waals surface area contributed by atoms with Gasteiger partial charge in [0.2, 0.25) is 10.0 Å². The molecule has 0 aromatic rings. The normalized spacial score (nSPS) is 24.5. The molecule has 6 heteroatoms. The summed E-state index contributed by atoms with van der Waals surface area (Å²) in [6.45, 7) is 3.71. The molecular formula is C13H28N2O3S. The smallest absolute Gasteiger partial charge is 0.211 e. The summed E-state index contributed by atoms with van der Waals surface area (Å²) < 4.78 is 31.4. The number of rotatable bonds is 9. The van der Waals surface area contributed by atoms with Crippen LogP contribution in [-0.4, -0.2) is 46.5 Å². The van der Waals surface area contributed by atoms with E-state index in [1.807, 2.05) is 0 Å². The molecule has 1 fully saturated rings. The van der Waals surface area contributed by atoms with Gasteiger partial charge in [0.1, 0.15) is 0 Å². The third-order valence-electron chi connectivity index (χ3n) is 3.52. The lowest BCUT2D eigenvalue weighted by molar-refractivity contribution is 0.199. The minimum atomic E-state index is -3.14. The van der Waals surface area contributed by atoms with E-state index in [2.05, 4.69) is 17.0 Å². The van der Waals surface area contributed by atoms with Gasteiger partial charge in [0.05, 0.1) is 5.75 Å². The Labute approximate surface area is 117 Å². The van der Waals surface area contributed by atoms with E-state index in [4.69, 9.17) is 4.74 Å². The fourth-order valence-electron chi connectivity index (χ4n) is 2.47. The van der Waals surface area contributed by atoms with Crippen molar-refractivity contribution in [1.82, 2.24) is 10.0 Å². The van der Waals surface area contributed by atoms with E-state index < -0.39 is 10.0 Å². The maximum absolute atomic E-state index is 11.8. The molecule has 0 radical (unpaired) electrons. The molecule has 0 unspecified atom stereocenters. The van der Waals surface area contributed by atoms with Gasteiger partial charge in [0.15, 0.2) is 0 Å². The number of sulfonamides is 1. The monoisotopic (exact) mass is 292 g/mol. The Morgan fingerprint density at radius 2 is 1.79 bits per heavy atom. The van der Waals surface area contributed by atoms with Crippen LogP contribution >= 0.6 is 0 Å². The summed E-state index contributed by atoms with van der Waals surface area (Å²) in [6.07, 6.45) is 5.69. The Hall–Kier alpha value is -0.170. The summed E-state index contributed by atoms with van der Waals surface area (Å²) in [4.78, 5) is 0. The van der Waals surface area contributed by atoms with Crippen LogP contribution in [0.15, 0.2) is 0 Å². The molecule has 0 aromatic heterocycles. The Morgan fingerprint density at radius 3 is 2.37 bits per heavy atom. The van der Waals surface area contributed by atoms with Crippen LogP contribution in [0.5, 0.6) is 0 Å². The number of hydrogen-bond donors (Lipinski definition) is 2. The van der Waals surface area contributed by atoms with Crippen LogP contribution in [0.3, 0.4) is 0 Å². The standard InChI is InChI=1S/C13H28N2O3S/c1-3-9-14-12-5-7-13(8-6-12)15-19(16,17)11-4-10-18-2/h12-15H,3-11H2,1-2H3. The quantitative estimate of drug-likeness (QED) is 0.628. The summed E-state index contributed by atoms with van der Waals surface area (Å²) in [5.74, 6) is 0.162. The van der Waals surface area contributed by atoms with Crippen LogP contribution in [0, 0.1) is 0 Å². The van der Waals surface area contributed by atoms with Gasteiger partial charge in [0, 0.05) is 25.8 Å². The number of hydrogen-bond acceptors (Lipinski definition) is 4. The average molecular weight is 292 g/mol. The maximum atomic E-state index is 11.8. The molecule has 0 aromatic carbocycles. The fourth-order valence-corrected chi connectivity index (χ4v) is 3.83. The van der Waals surface area contributed by atoms with Crippen molar-refractivity contribution >= 4 is 10.0 Å². The second-order valence-electron chi connectivity index (χ2n) is 5.29. The first-order valence-electron chi connectivity index (χ1n) is 7.29. The Morgan fingerprint density at radius 1 is 1.16 bits per heavy atom. The van der Waals surface area contributed by atoms with Gasteiger partial charge in [-0.2, -0.15) is 0 Å². The third-order valence-corrected chi connectivity index (χ3v) is 5.04. The summed E-state index contributed by atoms with van der Waals surface area (Å²) >= 11 is 0. The van der Waals surface area contributed by atoms with Crippen molar-refractivity contribution in [2.45, 2.75) is 57.5 Å². The molecule has 1 aliphatic carbocycles. The predicted molar refractivity (Wildman–Crippen MR) is 77.8 cm³/mol. The van der Waals surface area contributed by atoms with Crippen molar-refractivity contribution in [3.05, 3.63) is 0 Å². The highest BCUT2D eigenvalue weighted by Crippen LogP contribution is 2.19. The number of nitrogens with one attached hydrogen (secondary N) is 2. The zero-order chi connectivity index (χ0) is 14.1. The minimum absolute atomic E-state index is 0.118. The second-order valence-corrected chi connectivity index (χ2v) is 7.16. The zero-order valence-corrected chi connectivity index (χ0v) is 13.0. The highest BCUT2D eigenvalue weighted by molar-refractivity contribution is 7.89. The lowest BCUT2D eigenvalue weighted by Gasteiger charge is -2.29. The molecule has 19 heavy (non-hydrogen) atoms. The van der Waals surface area contributed by atoms with E-state index in [1.165, 1.54) is 0 Å². The molecule has 1 saturated carbocycles. The maximum Gasteiger partial charge on any atom is 0.211 e. The van der Waals surface area contributed by atoms with E-state index >= 15 is 0 Å². The van der Waals surface area contributed by atoms with E-state index in [9.17, 15) is 8.42 Å². The van der Waals surface area contributed by atoms with Crippen molar-refractivity contribution in [1.29, 1.82) is 0 Å². The van der Waals surface area contributed by atoms with Gasteiger partial charge in [-0.15, -0.1) is 0 Å². The molecule has 0 aliphatic heterocycles. The van der Waals surface area contributed by atoms with Crippen molar-refractivity contribution in [3.8, 4) is 0 Å². The molecule has 2 N–H and O–H groups in total. The molecule has 0 saturated heterocycles. The summed E-state index contributed by atoms with van der Waals surface area (Å²) in [5.41, 5.74) is 0. The lowest BCUT2D eigenvalue weighted by atomic mass is 9.92. The third kappa shape index (κ3) is 7.25. The predicted octanol–water partition coefficient (Wildman–Crippen LogP) is 1.25. The van der Waals surface area contributed by atoms with Gasteiger partial charge in [-0.1, -0.05) is 6.92 Å². The van der Waals surface area contributed by atoms with Gasteiger partial charge >= 0.3 is 0 Å². The topological polar surface area (TPSA) is 67.4 Å². The van der Waals surface area contributed by atoms with Crippen LogP contribution in [0.4, 0.5) is 0 Å². The molecule has 0 amide bonds. The van der Waals surface area contributed by atoms with Crippen LogP contribution < -0.4 is 10.0 Å². The van der Waals surface area contributed by atoms with Crippen LogP contribution in [0.2, 0.25) is 0 Å². The molecule has 0 heterocycles. The summed E-state index contributed by atoms with van der Waals surface area (Å²) in [5, 5.41) is 3.50. The van der Waals surface area contributed by atoms with Gasteiger partial charge in [-0.05, 0) is 45.1 Å². The molecule has 0 atom stereocenters. The minimum Gasteiger partial charge on any atom is -0.385 e. The molecule has 5 nitrogen and oxygen atoms in total. The zero-order valence-electron chi connectivity index (χ0n) is 12.2. The molecule has 1 rings (SSSR count). The molecule has 0 bridgehead atoms. The summed E-state index contributed by atoms with van der Waals surface area (Å²) in [6, 6.07) is 0.682. The van der Waals surface area contributed by atoms with E-state index in [-0.39, 0.29) is 11.8 Å². The number of ether oxygens (including phenoxy) is 1. The Kier molecular flexibility index (Phi) is 7.90. The first-order valence-corrected chi connectivity index (χ1v) is 8.95. The van der Waals surface area contributed by atoms with Gasteiger partial charge < -0.3 is 10.1 Å². The van der Waals surface area contributed by atoms with Crippen molar-refractivity contribution < 1.29 is 13.2 Å². The Bertz CT molecular complexity index is 325. The number of methoxy groups -OCH3 is 1. The van der Waals surface area contributed by atoms with E-state index in [0.29, 0.717) is 19.1 Å².